The van der Waals surface area contributed by atoms with Crippen molar-refractivity contribution in [3.8, 4) is 0 Å². The van der Waals surface area contributed by atoms with Crippen molar-refractivity contribution in [1.82, 2.24) is 31.5 Å². The number of likely N-dealkylation sites (tertiary alicyclic amines) is 1. The van der Waals surface area contributed by atoms with Crippen LogP contribution in [0.15, 0.2) is 0 Å². The molecule has 5 saturated heterocycles. The van der Waals surface area contributed by atoms with Crippen LogP contribution in [0.5, 0.6) is 0 Å². The van der Waals surface area contributed by atoms with Crippen molar-refractivity contribution in [2.45, 2.75) is 78.8 Å². The lowest BCUT2D eigenvalue weighted by molar-refractivity contribution is -0.137. The van der Waals surface area contributed by atoms with Crippen LogP contribution in [-0.4, -0.2) is 103 Å². The molecular formula is C25H42Cl2N6O4S. The van der Waals surface area contributed by atoms with Gasteiger partial charge in [-0.15, -0.1) is 35.0 Å². The van der Waals surface area contributed by atoms with Crippen molar-refractivity contribution in [3.05, 3.63) is 0 Å². The van der Waals surface area contributed by atoms with Crippen LogP contribution in [0.1, 0.15) is 32.6 Å². The third kappa shape index (κ3) is 6.26. The van der Waals surface area contributed by atoms with Crippen molar-refractivity contribution in [2.24, 2.45) is 23.7 Å². The first-order valence-electron chi connectivity index (χ1n) is 13.8. The lowest BCUT2D eigenvalue weighted by Gasteiger charge is -2.45. The van der Waals surface area contributed by atoms with Crippen LogP contribution in [0.2, 0.25) is 0 Å². The van der Waals surface area contributed by atoms with E-state index in [4.69, 9.17) is 32.7 Å². The second-order valence-electron chi connectivity index (χ2n) is 11.4. The predicted octanol–water partition coefficient (Wildman–Crippen LogP) is 0.643. The Morgan fingerprint density at radius 2 is 1.79 bits per heavy atom. The molecule has 12 unspecified atom stereocenters. The summed E-state index contributed by atoms with van der Waals surface area (Å²) in [6.07, 6.45) is 3.13. The van der Waals surface area contributed by atoms with Crippen molar-refractivity contribution in [1.29, 1.82) is 0 Å². The average molecular weight is 594 g/mol. The normalized spacial score (nSPS) is 45.6. The molecule has 12 atom stereocenters. The molecule has 0 bridgehead atoms. The lowest BCUT2D eigenvalue weighted by atomic mass is 9.70. The zero-order valence-corrected chi connectivity index (χ0v) is 24.7. The van der Waals surface area contributed by atoms with Crippen LogP contribution in [0.25, 0.3) is 0 Å². The van der Waals surface area contributed by atoms with E-state index in [2.05, 4.69) is 33.5 Å². The second kappa shape index (κ2) is 12.7. The van der Waals surface area contributed by atoms with E-state index >= 15 is 0 Å². The topological polar surface area (TPSA) is 116 Å². The Balaban J connectivity index is 1.15. The Morgan fingerprint density at radius 1 is 0.974 bits per heavy atom. The third-order valence-corrected chi connectivity index (χ3v) is 11.2. The van der Waals surface area contributed by atoms with Crippen LogP contribution < -0.4 is 26.6 Å². The van der Waals surface area contributed by atoms with Gasteiger partial charge in [0.15, 0.2) is 0 Å². The third-order valence-electron chi connectivity index (χ3n) is 9.08. The largest absolute Gasteiger partial charge is 0.380 e. The minimum atomic E-state index is -0.430. The number of halogens is 2. The number of piperidine rings is 3. The van der Waals surface area contributed by atoms with E-state index < -0.39 is 5.50 Å². The fourth-order valence-electron chi connectivity index (χ4n) is 6.97. The SMILES string of the molecule is COC1CCC(C(=O)N2CC3NC(NC(=O)C4CNC(C)CC4C4CC(Cl)NCC4OC)SC3C2)C(Cl)N1. The molecule has 2 amide bonds. The molecule has 0 aromatic heterocycles. The summed E-state index contributed by atoms with van der Waals surface area (Å²) in [5, 5.41) is 17.0. The van der Waals surface area contributed by atoms with E-state index in [9.17, 15) is 9.59 Å². The quantitative estimate of drug-likeness (QED) is 0.224. The van der Waals surface area contributed by atoms with Crippen LogP contribution in [0, 0.1) is 23.7 Å². The molecule has 5 heterocycles. The Labute approximate surface area is 239 Å². The van der Waals surface area contributed by atoms with E-state index in [0.717, 1.165) is 19.3 Å². The van der Waals surface area contributed by atoms with Crippen LogP contribution in [0.4, 0.5) is 0 Å². The van der Waals surface area contributed by atoms with Gasteiger partial charge in [0.25, 0.3) is 0 Å². The zero-order chi connectivity index (χ0) is 27.0. The van der Waals surface area contributed by atoms with Gasteiger partial charge in [0, 0.05) is 57.7 Å². The smallest absolute Gasteiger partial charge is 0.228 e. The predicted molar refractivity (Wildman–Crippen MR) is 149 cm³/mol. The Morgan fingerprint density at radius 3 is 2.50 bits per heavy atom. The van der Waals surface area contributed by atoms with Gasteiger partial charge in [-0.25, -0.2) is 0 Å². The molecule has 10 nitrogen and oxygen atoms in total. The first-order valence-corrected chi connectivity index (χ1v) is 15.7. The highest BCUT2D eigenvalue weighted by molar-refractivity contribution is 8.00. The Bertz CT molecular complexity index is 849. The molecule has 216 valence electrons. The molecule has 38 heavy (non-hydrogen) atoms. The number of nitrogens with zero attached hydrogens (tertiary/aromatic N) is 1. The van der Waals surface area contributed by atoms with Gasteiger partial charge in [0.1, 0.15) is 11.7 Å². The van der Waals surface area contributed by atoms with E-state index in [-0.39, 0.29) is 70.1 Å². The highest BCUT2D eigenvalue weighted by atomic mass is 35.5. The van der Waals surface area contributed by atoms with E-state index in [0.29, 0.717) is 38.6 Å². The van der Waals surface area contributed by atoms with Crippen molar-refractivity contribution in [3.63, 3.8) is 0 Å². The number of nitrogens with one attached hydrogen (secondary N) is 5. The summed E-state index contributed by atoms with van der Waals surface area (Å²) in [5.74, 6) is 0.195. The Kier molecular flexibility index (Phi) is 9.70. The molecular weight excluding hydrogens is 551 g/mol. The van der Waals surface area contributed by atoms with E-state index in [1.165, 1.54) is 0 Å². The number of fused-ring (bicyclic) bond motifs is 1. The molecule has 0 saturated carbocycles. The van der Waals surface area contributed by atoms with Gasteiger partial charge in [0.05, 0.1) is 28.9 Å². The van der Waals surface area contributed by atoms with Crippen molar-refractivity contribution in [2.75, 3.05) is 40.4 Å². The van der Waals surface area contributed by atoms with Gasteiger partial charge in [-0.1, -0.05) is 0 Å². The average Bonchev–Trinajstić information content (AvgIpc) is 3.47. The highest BCUT2D eigenvalue weighted by Gasteiger charge is 2.48. The number of hydrogen-bond acceptors (Lipinski definition) is 9. The van der Waals surface area contributed by atoms with Crippen LogP contribution >= 0.6 is 35.0 Å². The van der Waals surface area contributed by atoms with Crippen molar-refractivity contribution >= 4 is 46.8 Å². The summed E-state index contributed by atoms with van der Waals surface area (Å²) in [4.78, 5) is 28.7. The number of ether oxygens (including phenoxy) is 2. The first kappa shape index (κ1) is 29.1. The number of hydrogen-bond donors (Lipinski definition) is 5. The van der Waals surface area contributed by atoms with Gasteiger partial charge >= 0.3 is 0 Å². The lowest BCUT2D eigenvalue weighted by Crippen LogP contribution is -2.57. The number of rotatable bonds is 6. The summed E-state index contributed by atoms with van der Waals surface area (Å²) >= 11 is 14.7. The van der Waals surface area contributed by atoms with Gasteiger partial charge in [-0.05, 0) is 44.4 Å². The Hall–Kier alpha value is -0.370. The minimum Gasteiger partial charge on any atom is -0.380 e. The number of methoxy groups -OCH3 is 2. The highest BCUT2D eigenvalue weighted by Crippen LogP contribution is 2.39. The molecule has 5 aliphatic heterocycles. The minimum absolute atomic E-state index is 0.0461. The van der Waals surface area contributed by atoms with Crippen LogP contribution in [0.3, 0.4) is 0 Å². The maximum absolute atomic E-state index is 13.6. The number of carbonyl (C=O) groups is 2. The summed E-state index contributed by atoms with van der Waals surface area (Å²) in [5.41, 5.74) is -0.695. The molecule has 0 spiro atoms. The standard InChI is InChI=1S/C25H42Cl2N6O4S/c1-12-6-14(15-7-20(26)29-9-18(15)36-2)16(8-28-12)23(34)32-25-30-17-10-33(11-19(17)38-25)24(35)13-4-5-21(37-3)31-22(13)27/h12-22,25,28-31H,4-11H2,1-3H3,(H,32,34). The molecule has 0 aliphatic carbocycles. The van der Waals surface area contributed by atoms with E-state index in [1.54, 1.807) is 26.0 Å². The molecule has 0 aromatic rings. The second-order valence-corrected chi connectivity index (χ2v) is 13.8. The fourth-order valence-corrected chi connectivity index (χ4v) is 9.05. The molecule has 5 rings (SSSR count). The number of thioether (sulfide) groups is 1. The molecule has 5 fully saturated rings. The van der Waals surface area contributed by atoms with E-state index in [1.807, 2.05) is 4.90 Å². The maximum Gasteiger partial charge on any atom is 0.228 e. The molecule has 0 radical (unpaired) electrons. The molecule has 5 aliphatic rings. The van der Waals surface area contributed by atoms with Gasteiger partial charge < -0.3 is 25.0 Å². The monoisotopic (exact) mass is 592 g/mol. The fraction of sp³-hybridized carbons (Fsp3) is 0.920. The number of alkyl halides is 2. The molecule has 13 heteroatoms. The number of carbonyl (C=O) groups excluding carboxylic acids is 2. The molecule has 0 aromatic carbocycles. The summed E-state index contributed by atoms with van der Waals surface area (Å²) in [6.45, 7) is 4.82. The van der Waals surface area contributed by atoms with Crippen LogP contribution in [-0.2, 0) is 19.1 Å². The van der Waals surface area contributed by atoms with Gasteiger partial charge in [-0.2, -0.15) is 0 Å². The van der Waals surface area contributed by atoms with Gasteiger partial charge in [-0.3, -0.25) is 25.5 Å². The first-order chi connectivity index (χ1) is 18.3. The maximum atomic E-state index is 13.6. The molecule has 5 N–H and O–H groups in total. The zero-order valence-electron chi connectivity index (χ0n) is 22.3. The summed E-state index contributed by atoms with van der Waals surface area (Å²) in [7, 11) is 3.39. The summed E-state index contributed by atoms with van der Waals surface area (Å²) < 4.78 is 11.1. The van der Waals surface area contributed by atoms with Crippen molar-refractivity contribution < 1.29 is 19.1 Å². The number of amides is 2. The summed E-state index contributed by atoms with van der Waals surface area (Å²) in [6, 6.07) is 0.491. The van der Waals surface area contributed by atoms with Gasteiger partial charge in [0.2, 0.25) is 11.8 Å².